The fourth-order valence-electron chi connectivity index (χ4n) is 2.24. The first kappa shape index (κ1) is 22.8. The molecule has 0 saturated heterocycles. The maximum Gasteiger partial charge on any atom is 0.0704 e. The van der Waals surface area contributed by atoms with Crippen molar-refractivity contribution in [1.82, 2.24) is 0 Å². The summed E-state index contributed by atoms with van der Waals surface area (Å²) in [5.41, 5.74) is 0. The van der Waals surface area contributed by atoms with E-state index in [-0.39, 0.29) is 6.61 Å². The molecule has 140 valence electrons. The third-order valence-electron chi connectivity index (χ3n) is 3.57. The van der Waals surface area contributed by atoms with E-state index in [1.54, 1.807) is 0 Å². The van der Waals surface area contributed by atoms with Gasteiger partial charge in [-0.1, -0.05) is 46.0 Å². The van der Waals surface area contributed by atoms with Gasteiger partial charge < -0.3 is 24.1 Å². The monoisotopic (exact) mass is 334 g/mol. The Hall–Kier alpha value is -0.200. The Bertz CT molecular complexity index is 214. The molecule has 0 saturated carbocycles. The molecule has 0 aromatic heterocycles. The van der Waals surface area contributed by atoms with Crippen molar-refractivity contribution in [3.05, 3.63) is 0 Å². The van der Waals surface area contributed by atoms with Gasteiger partial charge in [0, 0.05) is 0 Å². The van der Waals surface area contributed by atoms with Crippen LogP contribution in [-0.2, 0) is 18.9 Å². The van der Waals surface area contributed by atoms with Crippen LogP contribution < -0.4 is 0 Å². The zero-order valence-electron chi connectivity index (χ0n) is 15.3. The molecule has 1 atom stereocenters. The lowest BCUT2D eigenvalue weighted by molar-refractivity contribution is -0.0245. The molecule has 0 aromatic carbocycles. The first-order chi connectivity index (χ1) is 11.3. The molecule has 5 heteroatoms. The average Bonchev–Trinajstić information content (AvgIpc) is 2.57. The van der Waals surface area contributed by atoms with Crippen LogP contribution in [-0.4, -0.2) is 64.1 Å². The molecule has 0 bridgehead atoms. The van der Waals surface area contributed by atoms with Crippen LogP contribution in [0.5, 0.6) is 0 Å². The lowest BCUT2D eigenvalue weighted by Crippen LogP contribution is -2.18. The highest BCUT2D eigenvalue weighted by Gasteiger charge is 2.08. The highest BCUT2D eigenvalue weighted by Crippen LogP contribution is 2.13. The molecule has 0 radical (unpaired) electrons. The molecule has 23 heavy (non-hydrogen) atoms. The summed E-state index contributed by atoms with van der Waals surface area (Å²) < 4.78 is 21.9. The van der Waals surface area contributed by atoms with Crippen molar-refractivity contribution in [1.29, 1.82) is 0 Å². The first-order valence-electron chi connectivity index (χ1n) is 9.30. The van der Waals surface area contributed by atoms with E-state index in [9.17, 15) is 0 Å². The number of unbranched alkanes of at least 4 members (excludes halogenated alkanes) is 3. The van der Waals surface area contributed by atoms with Gasteiger partial charge in [0.2, 0.25) is 0 Å². The van der Waals surface area contributed by atoms with E-state index in [1.807, 2.05) is 0 Å². The minimum absolute atomic E-state index is 0.0564. The lowest BCUT2D eigenvalue weighted by Gasteiger charge is -2.17. The van der Waals surface area contributed by atoms with Crippen LogP contribution in [0.1, 0.15) is 58.8 Å². The molecule has 0 heterocycles. The smallest absolute Gasteiger partial charge is 0.0704 e. The molecule has 5 nitrogen and oxygen atoms in total. The van der Waals surface area contributed by atoms with Crippen LogP contribution in [0.25, 0.3) is 0 Å². The molecular formula is C18H38O5. The summed E-state index contributed by atoms with van der Waals surface area (Å²) in [6, 6.07) is 0. The maximum absolute atomic E-state index is 8.54. The third-order valence-corrected chi connectivity index (χ3v) is 3.57. The number of hydrogen-bond acceptors (Lipinski definition) is 5. The van der Waals surface area contributed by atoms with E-state index in [4.69, 9.17) is 24.1 Å². The largest absolute Gasteiger partial charge is 0.394 e. The summed E-state index contributed by atoms with van der Waals surface area (Å²) in [5.74, 6) is 0. The first-order valence-corrected chi connectivity index (χ1v) is 9.30. The van der Waals surface area contributed by atoms with Crippen LogP contribution >= 0.6 is 0 Å². The van der Waals surface area contributed by atoms with Crippen molar-refractivity contribution in [2.45, 2.75) is 64.9 Å². The molecule has 0 rings (SSSR count). The van der Waals surface area contributed by atoms with Gasteiger partial charge in [-0.15, -0.1) is 0 Å². The highest BCUT2D eigenvalue weighted by molar-refractivity contribution is 4.59. The fraction of sp³-hybridized carbons (Fsp3) is 1.00. The van der Waals surface area contributed by atoms with Crippen LogP contribution in [0, 0.1) is 0 Å². The van der Waals surface area contributed by atoms with Crippen molar-refractivity contribution in [3.8, 4) is 0 Å². The third kappa shape index (κ3) is 18.0. The molecule has 0 aromatic rings. The second-order valence-electron chi connectivity index (χ2n) is 5.69. The standard InChI is InChI=1S/C18H38O5/c1-3-5-7-9-18(8-6-4-2)23-17-16-22-15-14-21-13-12-20-11-10-19/h18-19H,3-17H2,1-2H3. The summed E-state index contributed by atoms with van der Waals surface area (Å²) in [4.78, 5) is 0. The van der Waals surface area contributed by atoms with E-state index < -0.39 is 0 Å². The Kier molecular flexibility index (Phi) is 19.7. The van der Waals surface area contributed by atoms with Gasteiger partial charge >= 0.3 is 0 Å². The fourth-order valence-corrected chi connectivity index (χ4v) is 2.24. The van der Waals surface area contributed by atoms with Crippen molar-refractivity contribution in [2.75, 3.05) is 52.9 Å². The quantitative estimate of drug-likeness (QED) is 0.368. The van der Waals surface area contributed by atoms with E-state index in [0.29, 0.717) is 52.4 Å². The Morgan fingerprint density at radius 2 is 1.17 bits per heavy atom. The number of hydrogen-bond donors (Lipinski definition) is 1. The minimum Gasteiger partial charge on any atom is -0.394 e. The molecule has 0 aliphatic carbocycles. The van der Waals surface area contributed by atoms with E-state index in [1.165, 1.54) is 38.5 Å². The molecule has 0 aliphatic rings. The van der Waals surface area contributed by atoms with Gasteiger partial charge in [0.1, 0.15) is 0 Å². The molecule has 0 spiro atoms. The lowest BCUT2D eigenvalue weighted by atomic mass is 10.1. The average molecular weight is 334 g/mol. The SMILES string of the molecule is CCCCCC(CCCC)OCCOCCOCCOCCO. The predicted octanol–water partition coefficient (Wildman–Crippen LogP) is 3.18. The van der Waals surface area contributed by atoms with Gasteiger partial charge in [-0.05, 0) is 12.8 Å². The summed E-state index contributed by atoms with van der Waals surface area (Å²) >= 11 is 0. The topological polar surface area (TPSA) is 57.2 Å². The summed E-state index contributed by atoms with van der Waals surface area (Å²) in [7, 11) is 0. The Morgan fingerprint density at radius 1 is 0.652 bits per heavy atom. The van der Waals surface area contributed by atoms with Gasteiger partial charge in [-0.2, -0.15) is 0 Å². The Balaban J connectivity index is 3.39. The molecule has 0 aliphatic heterocycles. The molecule has 1 N–H and O–H groups in total. The Labute approximate surface area is 142 Å². The van der Waals surface area contributed by atoms with Gasteiger partial charge in [-0.3, -0.25) is 0 Å². The van der Waals surface area contributed by atoms with Gasteiger partial charge in [0.15, 0.2) is 0 Å². The van der Waals surface area contributed by atoms with Crippen LogP contribution in [0.3, 0.4) is 0 Å². The molecule has 1 unspecified atom stereocenters. The number of rotatable bonds is 19. The maximum atomic E-state index is 8.54. The number of aliphatic hydroxyl groups is 1. The minimum atomic E-state index is 0.0564. The van der Waals surface area contributed by atoms with E-state index >= 15 is 0 Å². The second kappa shape index (κ2) is 19.8. The zero-order chi connectivity index (χ0) is 17.0. The van der Waals surface area contributed by atoms with Gasteiger partial charge in [0.05, 0.1) is 59.0 Å². The Morgan fingerprint density at radius 3 is 1.74 bits per heavy atom. The summed E-state index contributed by atoms with van der Waals surface area (Å²) in [5, 5.41) is 8.54. The predicted molar refractivity (Wildman–Crippen MR) is 92.9 cm³/mol. The van der Waals surface area contributed by atoms with E-state index in [2.05, 4.69) is 13.8 Å². The van der Waals surface area contributed by atoms with Crippen molar-refractivity contribution >= 4 is 0 Å². The van der Waals surface area contributed by atoms with Crippen LogP contribution in [0.2, 0.25) is 0 Å². The van der Waals surface area contributed by atoms with Crippen molar-refractivity contribution in [3.63, 3.8) is 0 Å². The van der Waals surface area contributed by atoms with Gasteiger partial charge in [0.25, 0.3) is 0 Å². The number of ether oxygens (including phenoxy) is 4. The summed E-state index contributed by atoms with van der Waals surface area (Å²) in [6.45, 7) is 8.38. The molecule has 0 amide bonds. The van der Waals surface area contributed by atoms with Crippen LogP contribution in [0.15, 0.2) is 0 Å². The zero-order valence-corrected chi connectivity index (χ0v) is 15.3. The van der Waals surface area contributed by atoms with Gasteiger partial charge in [-0.25, -0.2) is 0 Å². The van der Waals surface area contributed by atoms with Crippen molar-refractivity contribution in [2.24, 2.45) is 0 Å². The molecular weight excluding hydrogens is 296 g/mol. The molecule has 0 fully saturated rings. The van der Waals surface area contributed by atoms with Crippen molar-refractivity contribution < 1.29 is 24.1 Å². The van der Waals surface area contributed by atoms with E-state index in [0.717, 1.165) is 6.42 Å². The van der Waals surface area contributed by atoms with Crippen LogP contribution in [0.4, 0.5) is 0 Å². The summed E-state index contributed by atoms with van der Waals surface area (Å²) in [6.07, 6.45) is 9.01. The number of aliphatic hydroxyl groups excluding tert-OH is 1. The normalized spacial score (nSPS) is 12.7. The highest BCUT2D eigenvalue weighted by atomic mass is 16.6. The second-order valence-corrected chi connectivity index (χ2v) is 5.69.